The molecule has 1 aliphatic carbocycles. The fourth-order valence-electron chi connectivity index (χ4n) is 4.81. The highest BCUT2D eigenvalue weighted by atomic mass is 35.5. The van der Waals surface area contributed by atoms with Crippen LogP contribution in [0.3, 0.4) is 0 Å². The lowest BCUT2D eigenvalue weighted by Crippen LogP contribution is -2.46. The van der Waals surface area contributed by atoms with E-state index in [-0.39, 0.29) is 43.2 Å². The maximum absolute atomic E-state index is 12.1. The number of carbonyl (C=O) groups excluding carboxylic acids is 2. The Morgan fingerprint density at radius 2 is 1.92 bits per heavy atom. The van der Waals surface area contributed by atoms with Crippen molar-refractivity contribution in [3.8, 4) is 0 Å². The summed E-state index contributed by atoms with van der Waals surface area (Å²) in [7, 11) is 0. The largest absolute Gasteiger partial charge is 0.493 e. The van der Waals surface area contributed by atoms with Gasteiger partial charge in [0.2, 0.25) is 0 Å². The van der Waals surface area contributed by atoms with Gasteiger partial charge in [-0.25, -0.2) is 0 Å². The van der Waals surface area contributed by atoms with Gasteiger partial charge in [-0.05, 0) is 50.6 Å². The third-order valence-corrected chi connectivity index (χ3v) is 7.62. The maximum atomic E-state index is 12.1. The molecule has 2 aliphatic heterocycles. The first kappa shape index (κ1) is 31.1. The van der Waals surface area contributed by atoms with E-state index < -0.39 is 0 Å². The van der Waals surface area contributed by atoms with Crippen LogP contribution in [-0.4, -0.2) is 86.7 Å². The average molecular weight is 601 g/mol. The Balaban J connectivity index is 0.00000420. The Morgan fingerprint density at radius 1 is 1.13 bits per heavy atom. The van der Waals surface area contributed by atoms with E-state index in [9.17, 15) is 9.59 Å². The number of ether oxygens (including phenoxy) is 3. The summed E-state index contributed by atoms with van der Waals surface area (Å²) in [6.07, 6.45) is 8.37. The SMILES string of the molecule is CCOC(=O)CN1C=COC(C2=C(OCCCCN3CCN(c4cccc(Cl)c4Cl)CC3)C=CC(=O)C2)C1.Cl. The number of unbranched alkanes of at least 4 members (excludes halogenated alkanes) is 1. The van der Waals surface area contributed by atoms with Crippen LogP contribution in [0.1, 0.15) is 26.2 Å². The molecule has 0 N–H and O–H groups in total. The van der Waals surface area contributed by atoms with Crippen molar-refractivity contribution in [1.29, 1.82) is 0 Å². The molecule has 1 aromatic rings. The lowest BCUT2D eigenvalue weighted by atomic mass is 9.96. The highest BCUT2D eigenvalue weighted by Gasteiger charge is 2.28. The van der Waals surface area contributed by atoms with E-state index in [1.54, 1.807) is 31.5 Å². The summed E-state index contributed by atoms with van der Waals surface area (Å²) in [6, 6.07) is 5.76. The molecule has 1 saturated heterocycles. The Hall–Kier alpha value is -2.39. The van der Waals surface area contributed by atoms with Crippen LogP contribution in [-0.2, 0) is 23.8 Å². The summed E-state index contributed by atoms with van der Waals surface area (Å²) < 4.78 is 17.0. The van der Waals surface area contributed by atoms with Crippen molar-refractivity contribution in [2.75, 3.05) is 63.9 Å². The fraction of sp³-hybridized carbons (Fsp3) is 0.500. The van der Waals surface area contributed by atoms with E-state index in [0.717, 1.165) is 56.8 Å². The summed E-state index contributed by atoms with van der Waals surface area (Å²) >= 11 is 12.6. The normalized spacial score (nSPS) is 19.6. The molecule has 11 heteroatoms. The van der Waals surface area contributed by atoms with Gasteiger partial charge in [0, 0.05) is 44.4 Å². The van der Waals surface area contributed by atoms with Crippen molar-refractivity contribution in [3.63, 3.8) is 0 Å². The predicted molar refractivity (Wildman–Crippen MR) is 156 cm³/mol. The zero-order valence-electron chi connectivity index (χ0n) is 22.2. The van der Waals surface area contributed by atoms with Crippen molar-refractivity contribution < 1.29 is 23.8 Å². The van der Waals surface area contributed by atoms with E-state index >= 15 is 0 Å². The summed E-state index contributed by atoms with van der Waals surface area (Å²) in [4.78, 5) is 30.6. The summed E-state index contributed by atoms with van der Waals surface area (Å²) in [5.74, 6) is 0.409. The van der Waals surface area contributed by atoms with Gasteiger partial charge in [-0.1, -0.05) is 29.3 Å². The average Bonchev–Trinajstić information content (AvgIpc) is 2.91. The number of nitrogens with zero attached hydrogens (tertiary/aromatic N) is 3. The third-order valence-electron chi connectivity index (χ3n) is 6.81. The molecule has 0 bridgehead atoms. The lowest BCUT2D eigenvalue weighted by molar-refractivity contribution is -0.144. The van der Waals surface area contributed by atoms with E-state index in [1.165, 1.54) is 0 Å². The second-order valence-electron chi connectivity index (χ2n) is 9.47. The van der Waals surface area contributed by atoms with E-state index in [1.807, 2.05) is 23.1 Å². The smallest absolute Gasteiger partial charge is 0.325 e. The third kappa shape index (κ3) is 8.80. The Bertz CT molecular complexity index is 1090. The van der Waals surface area contributed by atoms with Gasteiger partial charge in [0.1, 0.15) is 18.4 Å². The summed E-state index contributed by atoms with van der Waals surface area (Å²) in [5.41, 5.74) is 1.81. The van der Waals surface area contributed by atoms with E-state index in [4.69, 9.17) is 37.4 Å². The van der Waals surface area contributed by atoms with Gasteiger partial charge in [0.05, 0.1) is 41.8 Å². The van der Waals surface area contributed by atoms with Crippen molar-refractivity contribution in [1.82, 2.24) is 9.80 Å². The number of piperazine rings is 1. The first-order valence-corrected chi connectivity index (χ1v) is 13.9. The zero-order valence-corrected chi connectivity index (χ0v) is 24.5. The Morgan fingerprint density at radius 3 is 2.69 bits per heavy atom. The van der Waals surface area contributed by atoms with Gasteiger partial charge in [-0.2, -0.15) is 0 Å². The van der Waals surface area contributed by atoms with Gasteiger partial charge in [-0.3, -0.25) is 14.5 Å². The number of allylic oxidation sites excluding steroid dienone is 2. The first-order valence-electron chi connectivity index (χ1n) is 13.1. The molecule has 0 amide bonds. The monoisotopic (exact) mass is 599 g/mol. The number of carbonyl (C=O) groups is 2. The van der Waals surface area contributed by atoms with Crippen LogP contribution in [0.4, 0.5) is 5.69 Å². The van der Waals surface area contributed by atoms with Gasteiger partial charge in [0.25, 0.3) is 0 Å². The highest BCUT2D eigenvalue weighted by Crippen LogP contribution is 2.33. The topological polar surface area (TPSA) is 71.6 Å². The molecule has 0 saturated carbocycles. The molecule has 1 unspecified atom stereocenters. The van der Waals surface area contributed by atoms with Crippen molar-refractivity contribution in [2.45, 2.75) is 32.3 Å². The van der Waals surface area contributed by atoms with Gasteiger partial charge >= 0.3 is 5.97 Å². The zero-order chi connectivity index (χ0) is 26.9. The number of anilines is 1. The van der Waals surface area contributed by atoms with Crippen LogP contribution in [0.5, 0.6) is 0 Å². The molecule has 4 rings (SSSR count). The first-order chi connectivity index (χ1) is 18.4. The minimum absolute atomic E-state index is 0. The minimum atomic E-state index is -0.359. The molecular weight excluding hydrogens is 565 g/mol. The van der Waals surface area contributed by atoms with Crippen molar-refractivity contribution >= 4 is 53.0 Å². The molecule has 2 heterocycles. The summed E-state index contributed by atoms with van der Waals surface area (Å²) in [5, 5.41) is 1.20. The number of benzene rings is 1. The van der Waals surface area contributed by atoms with Crippen LogP contribution in [0.2, 0.25) is 10.0 Å². The molecule has 3 aliphatic rings. The molecule has 8 nitrogen and oxygen atoms in total. The molecule has 0 radical (unpaired) electrons. The van der Waals surface area contributed by atoms with Crippen molar-refractivity contribution in [2.24, 2.45) is 0 Å². The quantitative estimate of drug-likeness (QED) is 0.264. The number of rotatable bonds is 11. The maximum Gasteiger partial charge on any atom is 0.325 e. The van der Waals surface area contributed by atoms with E-state index in [0.29, 0.717) is 35.6 Å². The molecular formula is C28H36Cl3N3O5. The van der Waals surface area contributed by atoms with Crippen LogP contribution in [0, 0.1) is 0 Å². The van der Waals surface area contributed by atoms with Crippen LogP contribution in [0.15, 0.2) is 54.1 Å². The number of esters is 1. The number of halogens is 3. The van der Waals surface area contributed by atoms with E-state index in [2.05, 4.69) is 9.80 Å². The van der Waals surface area contributed by atoms with Crippen LogP contribution < -0.4 is 4.90 Å². The molecule has 1 aromatic carbocycles. The highest BCUT2D eigenvalue weighted by molar-refractivity contribution is 6.43. The van der Waals surface area contributed by atoms with Gasteiger partial charge < -0.3 is 24.0 Å². The molecule has 0 spiro atoms. The number of hydrogen-bond donors (Lipinski definition) is 0. The second kappa shape index (κ2) is 15.4. The molecule has 1 atom stereocenters. The van der Waals surface area contributed by atoms with Crippen LogP contribution in [0.25, 0.3) is 0 Å². The fourth-order valence-corrected chi connectivity index (χ4v) is 5.22. The number of hydrogen-bond acceptors (Lipinski definition) is 8. The lowest BCUT2D eigenvalue weighted by Gasteiger charge is -2.36. The Labute approximate surface area is 246 Å². The van der Waals surface area contributed by atoms with Gasteiger partial charge in [0.15, 0.2) is 5.78 Å². The second-order valence-corrected chi connectivity index (χ2v) is 10.3. The van der Waals surface area contributed by atoms with Crippen molar-refractivity contribution in [3.05, 3.63) is 64.2 Å². The standard InChI is InChI=1S/C28H35Cl2N3O5.ClH/c1-2-36-27(35)20-32-15-17-38-26(19-32)22-18-21(34)8-9-25(22)37-16-4-3-10-31-11-13-33(14-12-31)24-7-5-6-23(29)28(24)30;/h5-9,15,17,26H,2-4,10-14,16,18-20H2,1H3;1H. The molecule has 1 fully saturated rings. The summed E-state index contributed by atoms with van der Waals surface area (Å²) in [6.45, 7) is 8.03. The minimum Gasteiger partial charge on any atom is -0.493 e. The number of ketones is 1. The molecule has 39 heavy (non-hydrogen) atoms. The molecule has 214 valence electrons. The molecule has 0 aromatic heterocycles. The van der Waals surface area contributed by atoms with Crippen LogP contribution >= 0.6 is 35.6 Å². The van der Waals surface area contributed by atoms with Gasteiger partial charge in [-0.15, -0.1) is 12.4 Å². The predicted octanol–water partition coefficient (Wildman–Crippen LogP) is 4.85. The Kier molecular flexibility index (Phi) is 12.3.